The zero-order valence-electron chi connectivity index (χ0n) is 44.5. The summed E-state index contributed by atoms with van der Waals surface area (Å²) in [5.41, 5.74) is 0. The van der Waals surface area contributed by atoms with Gasteiger partial charge in [0.1, 0.15) is 13.2 Å². The predicted molar refractivity (Wildman–Crippen MR) is 297 cm³/mol. The minimum absolute atomic E-state index is 0.111. The topological polar surface area (TPSA) is 78.9 Å². The van der Waals surface area contributed by atoms with E-state index < -0.39 is 6.10 Å². The molecule has 0 bridgehead atoms. The average Bonchev–Trinajstić information content (AvgIpc) is 3.35. The zero-order valence-corrected chi connectivity index (χ0v) is 44.5. The fraction of sp³-hybridized carbons (Fsp3) is 0.635. The summed E-state index contributed by atoms with van der Waals surface area (Å²) in [6.45, 7) is 6.40. The first-order valence-electron chi connectivity index (χ1n) is 28.0. The van der Waals surface area contributed by atoms with Gasteiger partial charge in [-0.25, -0.2) is 0 Å². The molecule has 0 aliphatic carbocycles. The smallest absolute Gasteiger partial charge is 0.306 e. The first-order chi connectivity index (χ1) is 34.0. The van der Waals surface area contributed by atoms with Gasteiger partial charge in [0.05, 0.1) is 0 Å². The van der Waals surface area contributed by atoms with E-state index in [0.717, 1.165) is 116 Å². The number of carbonyl (C=O) groups excluding carboxylic acids is 3. The van der Waals surface area contributed by atoms with E-state index in [1.54, 1.807) is 0 Å². The first kappa shape index (κ1) is 64.8. The van der Waals surface area contributed by atoms with Crippen molar-refractivity contribution in [3.8, 4) is 0 Å². The van der Waals surface area contributed by atoms with Crippen LogP contribution in [0.4, 0.5) is 0 Å². The van der Waals surface area contributed by atoms with Gasteiger partial charge in [0.25, 0.3) is 0 Å². The molecule has 0 fully saturated rings. The molecule has 0 saturated heterocycles. The second kappa shape index (κ2) is 56.4. The number of hydrogen-bond donors (Lipinski definition) is 0. The van der Waals surface area contributed by atoms with Crippen molar-refractivity contribution in [2.45, 2.75) is 245 Å². The molecule has 390 valence electrons. The molecule has 0 saturated carbocycles. The van der Waals surface area contributed by atoms with Crippen LogP contribution in [0.25, 0.3) is 0 Å². The van der Waals surface area contributed by atoms with Crippen LogP contribution in [0.15, 0.2) is 122 Å². The van der Waals surface area contributed by atoms with Crippen molar-refractivity contribution in [2.75, 3.05) is 13.2 Å². The van der Waals surface area contributed by atoms with Crippen LogP contribution >= 0.6 is 0 Å². The summed E-state index contributed by atoms with van der Waals surface area (Å²) in [5, 5.41) is 0. The maximum Gasteiger partial charge on any atom is 0.306 e. The highest BCUT2D eigenvalue weighted by Gasteiger charge is 2.19. The fourth-order valence-corrected chi connectivity index (χ4v) is 7.21. The molecule has 0 aromatic heterocycles. The van der Waals surface area contributed by atoms with E-state index in [-0.39, 0.29) is 37.5 Å². The zero-order chi connectivity index (χ0) is 50.0. The average molecular weight is 956 g/mol. The minimum Gasteiger partial charge on any atom is -0.462 e. The van der Waals surface area contributed by atoms with Crippen LogP contribution in [0.2, 0.25) is 0 Å². The molecule has 0 aliphatic heterocycles. The Hall–Kier alpha value is -4.19. The number of unbranched alkanes of at least 4 members (excludes halogenated alkanes) is 18. The molecular formula is C63H102O6. The fourth-order valence-electron chi connectivity index (χ4n) is 7.21. The summed E-state index contributed by atoms with van der Waals surface area (Å²) >= 11 is 0. The van der Waals surface area contributed by atoms with Gasteiger partial charge in [0.2, 0.25) is 0 Å². The Labute approximate surface area is 424 Å². The van der Waals surface area contributed by atoms with Crippen LogP contribution in [0.5, 0.6) is 0 Å². The van der Waals surface area contributed by atoms with E-state index in [1.807, 2.05) is 0 Å². The van der Waals surface area contributed by atoms with Crippen molar-refractivity contribution < 1.29 is 28.6 Å². The molecule has 0 aromatic carbocycles. The van der Waals surface area contributed by atoms with E-state index in [9.17, 15) is 14.4 Å². The highest BCUT2D eigenvalue weighted by molar-refractivity contribution is 5.71. The van der Waals surface area contributed by atoms with E-state index in [0.29, 0.717) is 19.3 Å². The van der Waals surface area contributed by atoms with E-state index in [1.165, 1.54) is 77.0 Å². The Morgan fingerprint density at radius 3 is 0.928 bits per heavy atom. The van der Waals surface area contributed by atoms with Crippen LogP contribution in [0.3, 0.4) is 0 Å². The SMILES string of the molecule is CC/C=C\C/C=C\C/C=C\C/C=C\C/C=C\CCCCCC(=O)OC[C@H](COC(=O)CCCCCCCCC/C=C\C/C=C\CCCCC)OC(=O)CCCC/C=C\C/C=C\C/C=C\CCCCC. The van der Waals surface area contributed by atoms with Crippen LogP contribution < -0.4 is 0 Å². The molecule has 0 spiro atoms. The molecule has 0 amide bonds. The number of esters is 3. The second-order valence-corrected chi connectivity index (χ2v) is 18.1. The van der Waals surface area contributed by atoms with E-state index in [2.05, 4.69) is 142 Å². The van der Waals surface area contributed by atoms with Gasteiger partial charge >= 0.3 is 17.9 Å². The summed E-state index contributed by atoms with van der Waals surface area (Å²) < 4.78 is 16.8. The van der Waals surface area contributed by atoms with Gasteiger partial charge in [-0.3, -0.25) is 14.4 Å². The first-order valence-corrected chi connectivity index (χ1v) is 28.0. The number of ether oxygens (including phenoxy) is 3. The van der Waals surface area contributed by atoms with Crippen molar-refractivity contribution in [3.05, 3.63) is 122 Å². The van der Waals surface area contributed by atoms with Crippen molar-refractivity contribution in [2.24, 2.45) is 0 Å². The third-order valence-corrected chi connectivity index (χ3v) is 11.4. The normalized spacial score (nSPS) is 13.0. The third kappa shape index (κ3) is 54.6. The molecule has 69 heavy (non-hydrogen) atoms. The standard InChI is InChI=1S/C63H102O6/c1-4-7-10-13-16-19-22-25-28-30-31-33-36-38-41-44-47-50-53-56-62(65)68-59-60(69-63(66)57-54-51-48-45-42-39-34-27-24-21-18-15-12-9-6-3)58-67-61(64)55-52-49-46-43-40-37-35-32-29-26-23-20-17-14-11-8-5-2/h7,10,16-21,25-29,31,33-34,38,41-42,45,60H,4-6,8-9,11-15,22-24,30,32,35-37,39-40,43-44,46-59H2,1-3H3/b10-7-,19-16-,20-17-,21-18-,28-25-,29-26-,33-31-,34-27-,41-38-,45-42-/t60-/m0/s1. The Morgan fingerprint density at radius 1 is 0.304 bits per heavy atom. The lowest BCUT2D eigenvalue weighted by Gasteiger charge is -2.18. The van der Waals surface area contributed by atoms with Crippen LogP contribution in [0, 0.1) is 0 Å². The quantitative estimate of drug-likeness (QED) is 0.0262. The highest BCUT2D eigenvalue weighted by Crippen LogP contribution is 2.13. The molecule has 0 radical (unpaired) electrons. The molecule has 0 rings (SSSR count). The summed E-state index contributed by atoms with van der Waals surface area (Å²) in [4.78, 5) is 38.1. The van der Waals surface area contributed by atoms with Crippen LogP contribution in [0.1, 0.15) is 239 Å². The van der Waals surface area contributed by atoms with Gasteiger partial charge in [0, 0.05) is 19.3 Å². The largest absolute Gasteiger partial charge is 0.462 e. The maximum absolute atomic E-state index is 12.8. The lowest BCUT2D eigenvalue weighted by atomic mass is 10.1. The number of rotatable bonds is 49. The van der Waals surface area contributed by atoms with Gasteiger partial charge in [0.15, 0.2) is 6.10 Å². The Bertz CT molecular complexity index is 1470. The van der Waals surface area contributed by atoms with Crippen LogP contribution in [-0.4, -0.2) is 37.2 Å². The molecule has 0 aromatic rings. The molecule has 0 N–H and O–H groups in total. The lowest BCUT2D eigenvalue weighted by Crippen LogP contribution is -2.30. The number of allylic oxidation sites excluding steroid dienone is 20. The molecule has 6 nitrogen and oxygen atoms in total. The Morgan fingerprint density at radius 2 is 0.565 bits per heavy atom. The number of hydrogen-bond acceptors (Lipinski definition) is 6. The van der Waals surface area contributed by atoms with Gasteiger partial charge in [-0.05, 0) is 135 Å². The third-order valence-electron chi connectivity index (χ3n) is 11.4. The lowest BCUT2D eigenvalue weighted by molar-refractivity contribution is -0.167. The van der Waals surface area contributed by atoms with Crippen molar-refractivity contribution >= 4 is 17.9 Å². The Balaban J connectivity index is 4.53. The maximum atomic E-state index is 12.8. The molecule has 1 atom stereocenters. The molecule has 0 aliphatic rings. The Kier molecular flexibility index (Phi) is 53.0. The molecular weight excluding hydrogens is 853 g/mol. The highest BCUT2D eigenvalue weighted by atomic mass is 16.6. The van der Waals surface area contributed by atoms with Crippen molar-refractivity contribution in [1.82, 2.24) is 0 Å². The number of carbonyl (C=O) groups is 3. The van der Waals surface area contributed by atoms with Gasteiger partial charge < -0.3 is 14.2 Å². The van der Waals surface area contributed by atoms with Crippen molar-refractivity contribution in [1.29, 1.82) is 0 Å². The van der Waals surface area contributed by atoms with Gasteiger partial charge in [-0.15, -0.1) is 0 Å². The summed E-state index contributed by atoms with van der Waals surface area (Å²) in [6.07, 6.45) is 77.5. The molecule has 0 heterocycles. The minimum atomic E-state index is -0.819. The monoisotopic (exact) mass is 955 g/mol. The van der Waals surface area contributed by atoms with Gasteiger partial charge in [-0.2, -0.15) is 0 Å². The molecule has 6 heteroatoms. The molecule has 0 unspecified atom stereocenters. The summed E-state index contributed by atoms with van der Waals surface area (Å²) in [6, 6.07) is 0. The van der Waals surface area contributed by atoms with E-state index >= 15 is 0 Å². The summed E-state index contributed by atoms with van der Waals surface area (Å²) in [5.74, 6) is -0.994. The predicted octanol–water partition coefficient (Wildman–Crippen LogP) is 18.9. The summed E-state index contributed by atoms with van der Waals surface area (Å²) in [7, 11) is 0. The van der Waals surface area contributed by atoms with Crippen molar-refractivity contribution in [3.63, 3.8) is 0 Å². The van der Waals surface area contributed by atoms with Crippen LogP contribution in [-0.2, 0) is 28.6 Å². The van der Waals surface area contributed by atoms with E-state index in [4.69, 9.17) is 14.2 Å². The second-order valence-electron chi connectivity index (χ2n) is 18.1. The van der Waals surface area contributed by atoms with Gasteiger partial charge in [-0.1, -0.05) is 206 Å².